The van der Waals surface area contributed by atoms with E-state index in [-0.39, 0.29) is 10.6 Å². The highest BCUT2D eigenvalue weighted by Gasteiger charge is 2.19. The molecule has 1 N–H and O–H groups in total. The van der Waals surface area contributed by atoms with Crippen LogP contribution in [0.1, 0.15) is 16.7 Å². The lowest BCUT2D eigenvalue weighted by Gasteiger charge is -2.13. The molecule has 0 saturated heterocycles. The van der Waals surface area contributed by atoms with E-state index in [4.69, 9.17) is 8.92 Å². The molecule has 0 radical (unpaired) electrons. The lowest BCUT2D eigenvalue weighted by molar-refractivity contribution is 0.390. The molecule has 0 aliphatic rings. The lowest BCUT2D eigenvalue weighted by Crippen LogP contribution is -2.10. The minimum Gasteiger partial charge on any atom is -0.493 e. The van der Waals surface area contributed by atoms with Crippen molar-refractivity contribution in [3.05, 3.63) is 83.4 Å². The second-order valence-corrected chi connectivity index (χ2v) is 8.10. The summed E-state index contributed by atoms with van der Waals surface area (Å²) < 4.78 is 35.7. The first-order valence-electron chi connectivity index (χ1n) is 8.86. The molecule has 0 atom stereocenters. The summed E-state index contributed by atoms with van der Waals surface area (Å²) in [5, 5.41) is 3.32. The zero-order valence-corrected chi connectivity index (χ0v) is 16.9. The maximum Gasteiger partial charge on any atom is 0.339 e. The molecule has 3 aromatic rings. The molecule has 146 valence electrons. The molecule has 6 heteroatoms. The van der Waals surface area contributed by atoms with Crippen molar-refractivity contribution in [2.45, 2.75) is 25.3 Å². The van der Waals surface area contributed by atoms with Gasteiger partial charge in [-0.3, -0.25) is 0 Å². The Morgan fingerprint density at radius 3 is 2.04 bits per heavy atom. The molecule has 28 heavy (non-hydrogen) atoms. The van der Waals surface area contributed by atoms with Gasteiger partial charge in [0.2, 0.25) is 0 Å². The van der Waals surface area contributed by atoms with Crippen molar-refractivity contribution >= 4 is 15.8 Å². The third-order valence-electron chi connectivity index (χ3n) is 4.29. The summed E-state index contributed by atoms with van der Waals surface area (Å²) in [4.78, 5) is 0.102. The molecule has 0 aliphatic heterocycles. The SMILES string of the molecule is COc1cc(CNc2ccc(C)cc2)ccc1OS(=O)(=O)c1ccc(C)cc1. The Bertz CT molecular complexity index is 1040. The number of hydrogen-bond acceptors (Lipinski definition) is 5. The lowest BCUT2D eigenvalue weighted by atomic mass is 10.2. The summed E-state index contributed by atoms with van der Waals surface area (Å²) in [5.41, 5.74) is 4.12. The Labute approximate surface area is 166 Å². The number of methoxy groups -OCH3 is 1. The van der Waals surface area contributed by atoms with Crippen LogP contribution in [0.15, 0.2) is 71.6 Å². The van der Waals surface area contributed by atoms with Crippen LogP contribution in [0.2, 0.25) is 0 Å². The molecule has 0 fully saturated rings. The summed E-state index contributed by atoms with van der Waals surface area (Å²) in [6, 6.07) is 19.8. The summed E-state index contributed by atoms with van der Waals surface area (Å²) in [5.74, 6) is 0.515. The van der Waals surface area contributed by atoms with Crippen LogP contribution >= 0.6 is 0 Å². The van der Waals surface area contributed by atoms with Crippen molar-refractivity contribution in [1.82, 2.24) is 0 Å². The molecule has 0 aromatic heterocycles. The minimum absolute atomic E-state index is 0.102. The Hall–Kier alpha value is -2.99. The fourth-order valence-electron chi connectivity index (χ4n) is 2.64. The van der Waals surface area contributed by atoms with Gasteiger partial charge in [0.15, 0.2) is 11.5 Å². The number of aryl methyl sites for hydroxylation is 2. The predicted octanol–water partition coefficient (Wildman–Crippen LogP) is 4.69. The van der Waals surface area contributed by atoms with Crippen LogP contribution in [0.3, 0.4) is 0 Å². The van der Waals surface area contributed by atoms with Crippen LogP contribution in [0.5, 0.6) is 11.5 Å². The molecule has 0 unspecified atom stereocenters. The van der Waals surface area contributed by atoms with E-state index in [1.807, 2.05) is 44.2 Å². The second-order valence-electron chi connectivity index (χ2n) is 6.56. The second kappa shape index (κ2) is 8.35. The first-order valence-corrected chi connectivity index (χ1v) is 10.3. The Morgan fingerprint density at radius 1 is 0.821 bits per heavy atom. The zero-order valence-electron chi connectivity index (χ0n) is 16.1. The van der Waals surface area contributed by atoms with Gasteiger partial charge in [-0.05, 0) is 55.8 Å². The van der Waals surface area contributed by atoms with Crippen LogP contribution in [0.25, 0.3) is 0 Å². The minimum atomic E-state index is -3.93. The summed E-state index contributed by atoms with van der Waals surface area (Å²) in [7, 11) is -2.45. The fourth-order valence-corrected chi connectivity index (χ4v) is 3.58. The summed E-state index contributed by atoms with van der Waals surface area (Å²) in [6.07, 6.45) is 0. The number of ether oxygens (including phenoxy) is 1. The van der Waals surface area contributed by atoms with Gasteiger partial charge in [0.1, 0.15) is 4.90 Å². The van der Waals surface area contributed by atoms with Crippen LogP contribution in [0.4, 0.5) is 5.69 Å². The average Bonchev–Trinajstić information content (AvgIpc) is 2.68. The van der Waals surface area contributed by atoms with E-state index < -0.39 is 10.1 Å². The molecule has 0 amide bonds. The molecule has 5 nitrogen and oxygen atoms in total. The largest absolute Gasteiger partial charge is 0.493 e. The highest BCUT2D eigenvalue weighted by Crippen LogP contribution is 2.31. The molecule has 0 aliphatic carbocycles. The molecule has 0 heterocycles. The number of nitrogens with one attached hydrogen (secondary N) is 1. The van der Waals surface area contributed by atoms with Crippen molar-refractivity contribution in [2.24, 2.45) is 0 Å². The van der Waals surface area contributed by atoms with Gasteiger partial charge in [-0.2, -0.15) is 8.42 Å². The van der Waals surface area contributed by atoms with Gasteiger partial charge in [-0.1, -0.05) is 41.5 Å². The van der Waals surface area contributed by atoms with Crippen molar-refractivity contribution < 1.29 is 17.3 Å². The van der Waals surface area contributed by atoms with E-state index in [0.717, 1.165) is 16.8 Å². The van der Waals surface area contributed by atoms with Crippen molar-refractivity contribution in [3.8, 4) is 11.5 Å². The van der Waals surface area contributed by atoms with E-state index in [1.54, 1.807) is 24.3 Å². The van der Waals surface area contributed by atoms with Gasteiger partial charge < -0.3 is 14.2 Å². The van der Waals surface area contributed by atoms with E-state index in [9.17, 15) is 8.42 Å². The molecular formula is C22H23NO4S. The standard InChI is InChI=1S/C22H23NO4S/c1-16-4-9-19(10-5-16)23-15-18-8-13-21(22(14-18)26-3)27-28(24,25)20-11-6-17(2)7-12-20/h4-14,23H,15H2,1-3H3. The third-order valence-corrected chi connectivity index (χ3v) is 5.53. The highest BCUT2D eigenvalue weighted by atomic mass is 32.2. The van der Waals surface area contributed by atoms with Crippen LogP contribution < -0.4 is 14.2 Å². The van der Waals surface area contributed by atoms with Gasteiger partial charge in [0.05, 0.1) is 7.11 Å². The normalized spacial score (nSPS) is 11.1. The van der Waals surface area contributed by atoms with Crippen LogP contribution in [-0.4, -0.2) is 15.5 Å². The summed E-state index contributed by atoms with van der Waals surface area (Å²) >= 11 is 0. The van der Waals surface area contributed by atoms with Crippen molar-refractivity contribution in [1.29, 1.82) is 0 Å². The van der Waals surface area contributed by atoms with Crippen LogP contribution in [0, 0.1) is 13.8 Å². The quantitative estimate of drug-likeness (QED) is 0.586. The van der Waals surface area contributed by atoms with Gasteiger partial charge in [-0.25, -0.2) is 0 Å². The van der Waals surface area contributed by atoms with E-state index in [1.165, 1.54) is 24.8 Å². The van der Waals surface area contributed by atoms with E-state index in [2.05, 4.69) is 5.32 Å². The Morgan fingerprint density at radius 2 is 1.43 bits per heavy atom. The molecule has 3 aromatic carbocycles. The first kappa shape index (κ1) is 19.8. The van der Waals surface area contributed by atoms with Crippen molar-refractivity contribution in [3.63, 3.8) is 0 Å². The fraction of sp³-hybridized carbons (Fsp3) is 0.182. The first-order chi connectivity index (χ1) is 13.4. The summed E-state index contributed by atoms with van der Waals surface area (Å²) in [6.45, 7) is 4.51. The average molecular weight is 397 g/mol. The number of rotatable bonds is 7. The molecular weight excluding hydrogens is 374 g/mol. The number of anilines is 1. The van der Waals surface area contributed by atoms with Crippen molar-refractivity contribution in [2.75, 3.05) is 12.4 Å². The molecule has 3 rings (SSSR count). The number of benzene rings is 3. The van der Waals surface area contributed by atoms with Gasteiger partial charge in [0, 0.05) is 12.2 Å². The van der Waals surface area contributed by atoms with Gasteiger partial charge >= 0.3 is 10.1 Å². The maximum absolute atomic E-state index is 12.5. The molecule has 0 saturated carbocycles. The predicted molar refractivity (Wildman–Crippen MR) is 110 cm³/mol. The molecule has 0 spiro atoms. The highest BCUT2D eigenvalue weighted by molar-refractivity contribution is 7.87. The van der Waals surface area contributed by atoms with E-state index in [0.29, 0.717) is 12.3 Å². The topological polar surface area (TPSA) is 64.6 Å². The molecule has 0 bridgehead atoms. The number of hydrogen-bond donors (Lipinski definition) is 1. The maximum atomic E-state index is 12.5. The zero-order chi connectivity index (χ0) is 20.1. The Kier molecular flexibility index (Phi) is 5.90. The van der Waals surface area contributed by atoms with Gasteiger partial charge in [0.25, 0.3) is 0 Å². The smallest absolute Gasteiger partial charge is 0.339 e. The van der Waals surface area contributed by atoms with Gasteiger partial charge in [-0.15, -0.1) is 0 Å². The van der Waals surface area contributed by atoms with E-state index >= 15 is 0 Å². The van der Waals surface area contributed by atoms with Crippen LogP contribution in [-0.2, 0) is 16.7 Å². The monoisotopic (exact) mass is 397 g/mol. The third kappa shape index (κ3) is 4.84. The Balaban J connectivity index is 1.75.